The second-order valence-electron chi connectivity index (χ2n) is 9.08. The topological polar surface area (TPSA) is 77.3 Å². The summed E-state index contributed by atoms with van der Waals surface area (Å²) in [5, 5.41) is 0. The summed E-state index contributed by atoms with van der Waals surface area (Å²) in [6, 6.07) is 11.7. The molecule has 0 aliphatic carbocycles. The van der Waals surface area contributed by atoms with Gasteiger partial charge in [0.15, 0.2) is 11.6 Å². The predicted molar refractivity (Wildman–Crippen MR) is 132 cm³/mol. The van der Waals surface area contributed by atoms with Crippen LogP contribution in [0.5, 0.6) is 5.75 Å². The van der Waals surface area contributed by atoms with Crippen molar-refractivity contribution >= 4 is 22.5 Å². The lowest BCUT2D eigenvalue weighted by atomic mass is 9.97. The molecule has 0 saturated carbocycles. The largest absolute Gasteiger partial charge is 0.573 e. The van der Waals surface area contributed by atoms with E-state index in [1.807, 2.05) is 12.1 Å². The fourth-order valence-corrected chi connectivity index (χ4v) is 4.76. The summed E-state index contributed by atoms with van der Waals surface area (Å²) in [5.41, 5.74) is 5.10. The van der Waals surface area contributed by atoms with E-state index in [0.717, 1.165) is 42.9 Å². The number of piperazine rings is 1. The molecular formula is C26H26F3N5O2. The van der Waals surface area contributed by atoms with Gasteiger partial charge < -0.3 is 24.5 Å². The molecule has 0 atom stereocenters. The van der Waals surface area contributed by atoms with Crippen molar-refractivity contribution in [1.29, 1.82) is 0 Å². The molecule has 2 N–H and O–H groups in total. The molecule has 7 nitrogen and oxygen atoms in total. The van der Waals surface area contributed by atoms with Crippen molar-refractivity contribution in [2.75, 3.05) is 38.1 Å². The number of imidazole rings is 1. The first-order chi connectivity index (χ1) is 17.1. The van der Waals surface area contributed by atoms with E-state index >= 15 is 0 Å². The number of halogens is 3. The number of anilines is 1. The van der Waals surface area contributed by atoms with Crippen LogP contribution in [-0.2, 0) is 0 Å². The highest BCUT2D eigenvalue weighted by atomic mass is 19.4. The number of carbonyl (C=O) groups is 1. The van der Waals surface area contributed by atoms with Crippen LogP contribution in [0, 0.1) is 6.92 Å². The number of benzene rings is 2. The molecule has 3 heterocycles. The number of Topliss-reactive ketones (excluding diaryl/α,β-unsaturated/α-hetero) is 1. The Morgan fingerprint density at radius 1 is 1.06 bits per heavy atom. The number of aromatic nitrogens is 3. The van der Waals surface area contributed by atoms with Crippen molar-refractivity contribution in [1.82, 2.24) is 19.9 Å². The molecule has 10 heteroatoms. The Balaban J connectivity index is 1.59. The number of hydrogen-bond donors (Lipinski definition) is 2. The molecule has 0 bridgehead atoms. The predicted octanol–water partition coefficient (Wildman–Crippen LogP) is 5.39. The minimum Gasteiger partial charge on any atom is -0.406 e. The highest BCUT2D eigenvalue weighted by Gasteiger charge is 2.31. The SMILES string of the molecule is CC(=O)c1c(C)[nH]c(-c2nc3ccc(N4CCN(C)CC4)cc3[nH]2)c1-c1cccc(OC(F)(F)F)c1. The molecule has 1 aliphatic heterocycles. The van der Waals surface area contributed by atoms with Gasteiger partial charge in [-0.05, 0) is 56.8 Å². The molecular weight excluding hydrogens is 471 g/mol. The highest BCUT2D eigenvalue weighted by Crippen LogP contribution is 2.38. The van der Waals surface area contributed by atoms with Crippen LogP contribution in [0.3, 0.4) is 0 Å². The Hall–Kier alpha value is -3.79. The smallest absolute Gasteiger partial charge is 0.406 e. The van der Waals surface area contributed by atoms with E-state index in [1.165, 1.54) is 25.1 Å². The van der Waals surface area contributed by atoms with E-state index in [4.69, 9.17) is 4.98 Å². The number of hydrogen-bond acceptors (Lipinski definition) is 5. The van der Waals surface area contributed by atoms with Gasteiger partial charge in [0.2, 0.25) is 0 Å². The molecule has 0 spiro atoms. The third-order valence-electron chi connectivity index (χ3n) is 6.47. The summed E-state index contributed by atoms with van der Waals surface area (Å²) in [4.78, 5) is 28.5. The lowest BCUT2D eigenvalue weighted by Crippen LogP contribution is -2.44. The van der Waals surface area contributed by atoms with Gasteiger partial charge in [0, 0.05) is 48.7 Å². The van der Waals surface area contributed by atoms with Crippen LogP contribution >= 0.6 is 0 Å². The van der Waals surface area contributed by atoms with Crippen LogP contribution < -0.4 is 9.64 Å². The lowest BCUT2D eigenvalue weighted by molar-refractivity contribution is -0.274. The van der Waals surface area contributed by atoms with E-state index in [9.17, 15) is 18.0 Å². The third kappa shape index (κ3) is 4.68. The molecule has 0 amide bonds. The normalized spacial score (nSPS) is 15.0. The molecule has 1 saturated heterocycles. The maximum atomic E-state index is 12.8. The maximum absolute atomic E-state index is 12.8. The minimum atomic E-state index is -4.82. The van der Waals surface area contributed by atoms with Crippen LogP contribution in [-0.4, -0.2) is 65.2 Å². The first kappa shape index (κ1) is 23.9. The van der Waals surface area contributed by atoms with Gasteiger partial charge in [-0.2, -0.15) is 0 Å². The summed E-state index contributed by atoms with van der Waals surface area (Å²) < 4.78 is 42.6. The summed E-state index contributed by atoms with van der Waals surface area (Å²) in [6.45, 7) is 7.03. The molecule has 188 valence electrons. The number of carbonyl (C=O) groups excluding carboxylic acids is 1. The van der Waals surface area contributed by atoms with Gasteiger partial charge in [-0.3, -0.25) is 4.79 Å². The number of H-pyrrole nitrogens is 2. The molecule has 1 fully saturated rings. The molecule has 36 heavy (non-hydrogen) atoms. The van der Waals surface area contributed by atoms with E-state index in [1.54, 1.807) is 13.0 Å². The van der Waals surface area contributed by atoms with E-state index in [-0.39, 0.29) is 11.5 Å². The lowest BCUT2D eigenvalue weighted by Gasteiger charge is -2.34. The van der Waals surface area contributed by atoms with Crippen LogP contribution in [0.15, 0.2) is 42.5 Å². The molecule has 5 rings (SSSR count). The van der Waals surface area contributed by atoms with E-state index < -0.39 is 6.36 Å². The number of likely N-dealkylation sites (N-methyl/N-ethyl adjacent to an activating group) is 1. The Labute approximate surface area is 205 Å². The van der Waals surface area contributed by atoms with Crippen molar-refractivity contribution in [3.63, 3.8) is 0 Å². The number of ketones is 1. The van der Waals surface area contributed by atoms with Crippen LogP contribution in [0.4, 0.5) is 18.9 Å². The molecule has 1 aliphatic rings. The number of alkyl halides is 3. The monoisotopic (exact) mass is 497 g/mol. The molecule has 2 aromatic carbocycles. The summed E-state index contributed by atoms with van der Waals surface area (Å²) in [7, 11) is 2.11. The van der Waals surface area contributed by atoms with Gasteiger partial charge >= 0.3 is 6.36 Å². The van der Waals surface area contributed by atoms with Crippen molar-refractivity contribution in [3.8, 4) is 28.4 Å². The summed E-state index contributed by atoms with van der Waals surface area (Å²) in [5.74, 6) is -0.0744. The van der Waals surface area contributed by atoms with Crippen molar-refractivity contribution < 1.29 is 22.7 Å². The van der Waals surface area contributed by atoms with Crippen molar-refractivity contribution in [3.05, 3.63) is 53.7 Å². The Morgan fingerprint density at radius 2 is 1.81 bits per heavy atom. The maximum Gasteiger partial charge on any atom is 0.573 e. The molecule has 4 aromatic rings. The van der Waals surface area contributed by atoms with Gasteiger partial charge in [-0.15, -0.1) is 13.2 Å². The van der Waals surface area contributed by atoms with Crippen LogP contribution in [0.25, 0.3) is 33.7 Å². The van der Waals surface area contributed by atoms with E-state index in [0.29, 0.717) is 33.9 Å². The van der Waals surface area contributed by atoms with Gasteiger partial charge in [0.25, 0.3) is 0 Å². The summed E-state index contributed by atoms with van der Waals surface area (Å²) >= 11 is 0. The number of aromatic amines is 2. The van der Waals surface area contributed by atoms with Gasteiger partial charge in [0.05, 0.1) is 16.7 Å². The van der Waals surface area contributed by atoms with Crippen LogP contribution in [0.1, 0.15) is 23.0 Å². The zero-order chi connectivity index (χ0) is 25.6. The zero-order valence-corrected chi connectivity index (χ0v) is 20.2. The number of ether oxygens (including phenoxy) is 1. The second-order valence-corrected chi connectivity index (χ2v) is 9.08. The first-order valence-electron chi connectivity index (χ1n) is 11.6. The zero-order valence-electron chi connectivity index (χ0n) is 20.2. The third-order valence-corrected chi connectivity index (χ3v) is 6.47. The number of nitrogens with zero attached hydrogens (tertiary/aromatic N) is 3. The Bertz CT molecular complexity index is 1430. The number of nitrogens with one attached hydrogen (secondary N) is 2. The average Bonchev–Trinajstić information content (AvgIpc) is 3.39. The van der Waals surface area contributed by atoms with E-state index in [2.05, 4.69) is 37.6 Å². The standard InChI is InChI=1S/C26H26F3N5O2/c1-15-22(16(2)35)23(17-5-4-6-19(13-17)36-26(27,28)29)24(30-15)25-31-20-8-7-18(14-21(20)32-25)34-11-9-33(3)10-12-34/h4-8,13-14,30H,9-12H2,1-3H3,(H,31,32). The van der Waals surface area contributed by atoms with Crippen molar-refractivity contribution in [2.24, 2.45) is 0 Å². The number of fused-ring (bicyclic) bond motifs is 1. The molecule has 0 radical (unpaired) electrons. The second kappa shape index (κ2) is 9.02. The first-order valence-corrected chi connectivity index (χ1v) is 11.6. The Morgan fingerprint density at radius 3 is 2.50 bits per heavy atom. The van der Waals surface area contributed by atoms with Crippen LogP contribution in [0.2, 0.25) is 0 Å². The number of aryl methyl sites for hydroxylation is 1. The molecule has 2 aromatic heterocycles. The quantitative estimate of drug-likeness (QED) is 0.362. The molecule has 0 unspecified atom stereocenters. The van der Waals surface area contributed by atoms with Gasteiger partial charge in [-0.25, -0.2) is 4.98 Å². The van der Waals surface area contributed by atoms with Gasteiger partial charge in [0.1, 0.15) is 5.75 Å². The number of rotatable bonds is 5. The van der Waals surface area contributed by atoms with Gasteiger partial charge in [-0.1, -0.05) is 12.1 Å². The minimum absolute atomic E-state index is 0.208. The highest BCUT2D eigenvalue weighted by molar-refractivity contribution is 6.06. The fourth-order valence-electron chi connectivity index (χ4n) is 4.76. The average molecular weight is 498 g/mol. The summed E-state index contributed by atoms with van der Waals surface area (Å²) in [6.07, 6.45) is -4.82. The van der Waals surface area contributed by atoms with Crippen molar-refractivity contribution in [2.45, 2.75) is 20.2 Å². The fraction of sp³-hybridized carbons (Fsp3) is 0.308. The Kier molecular flexibility index (Phi) is 5.99.